The summed E-state index contributed by atoms with van der Waals surface area (Å²) in [6.45, 7) is 4.26. The van der Waals surface area contributed by atoms with Crippen LogP contribution in [-0.2, 0) is 11.3 Å². The fraction of sp³-hybridized carbons (Fsp3) is 0.364. The minimum Gasteiger partial charge on any atom is -0.368 e. The lowest BCUT2D eigenvalue weighted by molar-refractivity contribution is -0.117. The van der Waals surface area contributed by atoms with E-state index < -0.39 is 5.91 Å². The van der Waals surface area contributed by atoms with Gasteiger partial charge in [-0.3, -0.25) is 9.59 Å². The maximum Gasteiger partial charge on any atom is 0.251 e. The van der Waals surface area contributed by atoms with Crippen LogP contribution in [0.1, 0.15) is 29.3 Å². The van der Waals surface area contributed by atoms with Crippen molar-refractivity contribution in [1.29, 1.82) is 0 Å². The van der Waals surface area contributed by atoms with Gasteiger partial charge in [0.15, 0.2) is 17.6 Å². The quantitative estimate of drug-likeness (QED) is 0.217. The molecule has 9 nitrogen and oxygen atoms in total. The molecule has 0 aliphatic carbocycles. The predicted molar refractivity (Wildman–Crippen MR) is 136 cm³/mol. The fourth-order valence-corrected chi connectivity index (χ4v) is 3.40. The summed E-state index contributed by atoms with van der Waals surface area (Å²) in [5.74, 6) is -0.226. The van der Waals surface area contributed by atoms with E-state index in [9.17, 15) is 14.0 Å². The van der Waals surface area contributed by atoms with Crippen LogP contribution < -0.4 is 26.6 Å². The number of guanidine groups is 1. The Labute approximate surface area is 209 Å². The number of aromatic nitrogens is 1. The highest BCUT2D eigenvalue weighted by atomic mass is 127. The first-order chi connectivity index (χ1) is 15.5. The number of benzene rings is 1. The lowest BCUT2D eigenvalue weighted by Gasteiger charge is -2.20. The second-order valence-corrected chi connectivity index (χ2v) is 7.43. The molecule has 0 saturated carbocycles. The van der Waals surface area contributed by atoms with Gasteiger partial charge in [0.05, 0.1) is 13.1 Å². The zero-order valence-corrected chi connectivity index (χ0v) is 20.7. The molecule has 178 valence electrons. The van der Waals surface area contributed by atoms with Crippen molar-refractivity contribution < 1.29 is 14.0 Å². The molecular formula is C22H29FIN7O2. The monoisotopic (exact) mass is 569 g/mol. The summed E-state index contributed by atoms with van der Waals surface area (Å²) in [5, 5.41) is 9.08. The third-order valence-corrected chi connectivity index (χ3v) is 4.97. The molecule has 1 aromatic carbocycles. The highest BCUT2D eigenvalue weighted by Gasteiger charge is 2.25. The zero-order chi connectivity index (χ0) is 22.9. The van der Waals surface area contributed by atoms with Crippen LogP contribution in [0, 0.1) is 5.82 Å². The van der Waals surface area contributed by atoms with E-state index in [0.29, 0.717) is 43.5 Å². The zero-order valence-electron chi connectivity index (χ0n) is 18.4. The van der Waals surface area contributed by atoms with Crippen LogP contribution in [-0.4, -0.2) is 55.0 Å². The Morgan fingerprint density at radius 3 is 2.67 bits per heavy atom. The van der Waals surface area contributed by atoms with Gasteiger partial charge in [-0.05, 0) is 43.2 Å². The number of hydrogen-bond donors (Lipinski definition) is 4. The van der Waals surface area contributed by atoms with Gasteiger partial charge in [-0.25, -0.2) is 14.4 Å². The number of rotatable bonds is 8. The fourth-order valence-electron chi connectivity index (χ4n) is 3.40. The molecule has 1 fully saturated rings. The Hall–Kier alpha value is -2.96. The van der Waals surface area contributed by atoms with E-state index in [4.69, 9.17) is 5.73 Å². The molecule has 1 aromatic heterocycles. The second-order valence-electron chi connectivity index (χ2n) is 7.43. The van der Waals surface area contributed by atoms with Gasteiger partial charge in [0.25, 0.3) is 5.91 Å². The standard InChI is InChI=1S/C22H28FN7O2.HI/c1-2-25-22(29-17-9-11-30(14-17)20-18(23)4-3-10-26-20)28-12-15-5-7-16(8-6-15)21(32)27-13-19(24)31;/h3-8,10,17H,2,9,11-14H2,1H3,(H2,24,31)(H,27,32)(H2,25,28,29);1H. The van der Waals surface area contributed by atoms with Crippen LogP contribution >= 0.6 is 24.0 Å². The predicted octanol–water partition coefficient (Wildman–Crippen LogP) is 1.39. The smallest absolute Gasteiger partial charge is 0.251 e. The third-order valence-electron chi connectivity index (χ3n) is 4.97. The number of nitrogens with zero attached hydrogens (tertiary/aromatic N) is 3. The number of anilines is 1. The Morgan fingerprint density at radius 2 is 2.00 bits per heavy atom. The average molecular weight is 569 g/mol. The molecule has 1 atom stereocenters. The first-order valence-electron chi connectivity index (χ1n) is 10.5. The average Bonchev–Trinajstić information content (AvgIpc) is 3.25. The maximum atomic E-state index is 14.0. The van der Waals surface area contributed by atoms with E-state index in [1.54, 1.807) is 24.4 Å². The molecule has 1 saturated heterocycles. The van der Waals surface area contributed by atoms with Crippen molar-refractivity contribution in [3.63, 3.8) is 0 Å². The summed E-state index contributed by atoms with van der Waals surface area (Å²) in [7, 11) is 0. The van der Waals surface area contributed by atoms with E-state index >= 15 is 0 Å². The molecule has 0 bridgehead atoms. The highest BCUT2D eigenvalue weighted by Crippen LogP contribution is 2.20. The number of amides is 2. The summed E-state index contributed by atoms with van der Waals surface area (Å²) >= 11 is 0. The van der Waals surface area contributed by atoms with Gasteiger partial charge in [-0.1, -0.05) is 12.1 Å². The number of halogens is 2. The molecule has 5 N–H and O–H groups in total. The van der Waals surface area contributed by atoms with Crippen LogP contribution in [0.15, 0.2) is 47.6 Å². The topological polar surface area (TPSA) is 125 Å². The van der Waals surface area contributed by atoms with Crippen molar-refractivity contribution in [2.45, 2.75) is 25.9 Å². The van der Waals surface area contributed by atoms with Gasteiger partial charge < -0.3 is 26.6 Å². The van der Waals surface area contributed by atoms with E-state index in [0.717, 1.165) is 12.0 Å². The molecule has 0 spiro atoms. The number of hydrogen-bond acceptors (Lipinski definition) is 5. The lowest BCUT2D eigenvalue weighted by Crippen LogP contribution is -2.44. The summed E-state index contributed by atoms with van der Waals surface area (Å²) in [5.41, 5.74) is 6.40. The molecule has 0 radical (unpaired) electrons. The first-order valence-corrected chi connectivity index (χ1v) is 10.5. The maximum absolute atomic E-state index is 14.0. The number of primary amides is 1. The van der Waals surface area contributed by atoms with Crippen LogP contribution in [0.25, 0.3) is 0 Å². The summed E-state index contributed by atoms with van der Waals surface area (Å²) in [6.07, 6.45) is 2.44. The van der Waals surface area contributed by atoms with E-state index in [1.807, 2.05) is 24.0 Å². The van der Waals surface area contributed by atoms with E-state index in [2.05, 4.69) is 25.9 Å². The second kappa shape index (κ2) is 12.9. The molecule has 1 aliphatic heterocycles. The molecule has 3 rings (SSSR count). The SMILES string of the molecule is CCNC(=NCc1ccc(C(=O)NCC(N)=O)cc1)NC1CCN(c2ncccc2F)C1.I. The minimum absolute atomic E-state index is 0. The number of carbonyl (C=O) groups excluding carboxylic acids is 2. The van der Waals surface area contributed by atoms with Crippen molar-refractivity contribution in [2.24, 2.45) is 10.7 Å². The highest BCUT2D eigenvalue weighted by molar-refractivity contribution is 14.0. The molecule has 2 heterocycles. The summed E-state index contributed by atoms with van der Waals surface area (Å²) < 4.78 is 14.0. The Morgan fingerprint density at radius 1 is 1.24 bits per heavy atom. The Bertz CT molecular complexity index is 971. The number of aliphatic imine (C=N–C) groups is 1. The molecule has 11 heteroatoms. The van der Waals surface area contributed by atoms with Crippen LogP contribution in [0.2, 0.25) is 0 Å². The van der Waals surface area contributed by atoms with Crippen molar-refractivity contribution in [1.82, 2.24) is 20.9 Å². The van der Waals surface area contributed by atoms with Gasteiger partial charge in [-0.15, -0.1) is 24.0 Å². The molecular weight excluding hydrogens is 540 g/mol. The molecule has 33 heavy (non-hydrogen) atoms. The minimum atomic E-state index is -0.594. The van der Waals surface area contributed by atoms with Gasteiger partial charge in [-0.2, -0.15) is 0 Å². The molecule has 2 aromatic rings. The van der Waals surface area contributed by atoms with Crippen molar-refractivity contribution in [3.8, 4) is 0 Å². The van der Waals surface area contributed by atoms with Crippen LogP contribution in [0.3, 0.4) is 0 Å². The van der Waals surface area contributed by atoms with Crippen molar-refractivity contribution in [2.75, 3.05) is 31.1 Å². The third kappa shape index (κ3) is 7.84. The van der Waals surface area contributed by atoms with Crippen LogP contribution in [0.4, 0.5) is 10.2 Å². The van der Waals surface area contributed by atoms with Gasteiger partial charge >= 0.3 is 0 Å². The van der Waals surface area contributed by atoms with E-state index in [-0.39, 0.29) is 48.3 Å². The largest absolute Gasteiger partial charge is 0.368 e. The van der Waals surface area contributed by atoms with Gasteiger partial charge in [0.1, 0.15) is 0 Å². The summed E-state index contributed by atoms with van der Waals surface area (Å²) in [4.78, 5) is 33.4. The first kappa shape index (κ1) is 26.3. The summed E-state index contributed by atoms with van der Waals surface area (Å²) in [6, 6.07) is 10.1. The number of nitrogens with two attached hydrogens (primary N) is 1. The Balaban J connectivity index is 0.00000385. The van der Waals surface area contributed by atoms with Gasteiger partial charge in [0.2, 0.25) is 5.91 Å². The number of pyridine rings is 1. The van der Waals surface area contributed by atoms with E-state index in [1.165, 1.54) is 6.07 Å². The number of carbonyl (C=O) groups is 2. The van der Waals surface area contributed by atoms with Crippen molar-refractivity contribution >= 4 is 47.6 Å². The normalized spacial score (nSPS) is 15.5. The Kier molecular flexibility index (Phi) is 10.3. The van der Waals surface area contributed by atoms with Crippen molar-refractivity contribution in [3.05, 3.63) is 59.5 Å². The lowest BCUT2D eigenvalue weighted by atomic mass is 10.1. The molecule has 1 unspecified atom stereocenters. The van der Waals surface area contributed by atoms with Gasteiger partial charge in [0, 0.05) is 37.4 Å². The molecule has 2 amide bonds. The van der Waals surface area contributed by atoms with Crippen LogP contribution in [0.5, 0.6) is 0 Å². The molecule has 1 aliphatic rings. The number of nitrogens with one attached hydrogen (secondary N) is 3.